The molecule has 1 N–H and O–H groups in total. The molecule has 0 aliphatic heterocycles. The minimum atomic E-state index is -0.305. The number of hydrogen-bond donors (Lipinski definition) is 1. The number of hydrogen-bond acceptors (Lipinski definition) is 4. The molecule has 1 heterocycles. The van der Waals surface area contributed by atoms with Crippen molar-refractivity contribution in [3.8, 4) is 5.75 Å². The molecule has 3 aromatic rings. The second kappa shape index (κ2) is 7.66. The molecule has 5 heteroatoms. The molecule has 27 heavy (non-hydrogen) atoms. The lowest BCUT2D eigenvalue weighted by Crippen LogP contribution is -2.16. The first kappa shape index (κ1) is 18.7. The van der Waals surface area contributed by atoms with Crippen molar-refractivity contribution in [1.82, 2.24) is 5.16 Å². The van der Waals surface area contributed by atoms with Crippen LogP contribution in [0.3, 0.4) is 0 Å². The van der Waals surface area contributed by atoms with E-state index in [-0.39, 0.29) is 18.2 Å². The van der Waals surface area contributed by atoms with Gasteiger partial charge in [-0.2, -0.15) is 0 Å². The maximum atomic E-state index is 12.8. The number of nitrogens with one attached hydrogen (secondary N) is 1. The Morgan fingerprint density at radius 3 is 2.63 bits per heavy atom. The van der Waals surface area contributed by atoms with Gasteiger partial charge in [-0.15, -0.1) is 0 Å². The topological polar surface area (TPSA) is 64.4 Å². The SMILES string of the molecule is Cc1ccc(C)c(NC(=O)c2noc(C)c2COc2cccc(C)c2C)c1. The predicted octanol–water partition coefficient (Wildman–Crippen LogP) is 5.05. The van der Waals surface area contributed by atoms with Crippen LogP contribution in [0.15, 0.2) is 40.9 Å². The molecule has 0 aliphatic rings. The number of ether oxygens (including phenoxy) is 1. The molecule has 0 aliphatic carbocycles. The van der Waals surface area contributed by atoms with Crippen molar-refractivity contribution in [2.75, 3.05) is 5.32 Å². The Balaban J connectivity index is 1.80. The smallest absolute Gasteiger partial charge is 0.278 e. The molecular weight excluding hydrogens is 340 g/mol. The number of aromatic nitrogens is 1. The molecule has 0 bridgehead atoms. The molecule has 1 aromatic heterocycles. The molecule has 0 unspecified atom stereocenters. The Morgan fingerprint density at radius 1 is 1.07 bits per heavy atom. The first-order chi connectivity index (χ1) is 12.9. The van der Waals surface area contributed by atoms with Gasteiger partial charge in [0.05, 0.1) is 5.56 Å². The first-order valence-corrected chi connectivity index (χ1v) is 8.89. The summed E-state index contributed by atoms with van der Waals surface area (Å²) in [5, 5.41) is 6.87. The van der Waals surface area contributed by atoms with E-state index >= 15 is 0 Å². The molecule has 0 radical (unpaired) electrons. The highest BCUT2D eigenvalue weighted by atomic mass is 16.5. The zero-order chi connectivity index (χ0) is 19.6. The highest BCUT2D eigenvalue weighted by Gasteiger charge is 2.21. The van der Waals surface area contributed by atoms with Crippen LogP contribution in [0.1, 0.15) is 44.1 Å². The van der Waals surface area contributed by atoms with Crippen LogP contribution in [-0.4, -0.2) is 11.1 Å². The number of amides is 1. The van der Waals surface area contributed by atoms with Gasteiger partial charge < -0.3 is 14.6 Å². The van der Waals surface area contributed by atoms with E-state index in [4.69, 9.17) is 9.26 Å². The molecule has 0 fully saturated rings. The van der Waals surface area contributed by atoms with E-state index in [2.05, 4.69) is 10.5 Å². The quantitative estimate of drug-likeness (QED) is 0.688. The van der Waals surface area contributed by atoms with Crippen LogP contribution in [0.2, 0.25) is 0 Å². The number of carbonyl (C=O) groups is 1. The van der Waals surface area contributed by atoms with Crippen molar-refractivity contribution < 1.29 is 14.1 Å². The molecule has 1 amide bonds. The van der Waals surface area contributed by atoms with Gasteiger partial charge in [0.1, 0.15) is 18.1 Å². The normalized spacial score (nSPS) is 10.7. The van der Waals surface area contributed by atoms with E-state index in [0.717, 1.165) is 33.7 Å². The monoisotopic (exact) mass is 364 g/mol. The number of rotatable bonds is 5. The summed E-state index contributed by atoms with van der Waals surface area (Å²) < 4.78 is 11.2. The van der Waals surface area contributed by atoms with Gasteiger partial charge in [-0.1, -0.05) is 29.4 Å². The summed E-state index contributed by atoms with van der Waals surface area (Å²) in [7, 11) is 0. The summed E-state index contributed by atoms with van der Waals surface area (Å²) >= 11 is 0. The Hall–Kier alpha value is -3.08. The number of benzene rings is 2. The average molecular weight is 364 g/mol. The third kappa shape index (κ3) is 4.03. The van der Waals surface area contributed by atoms with Gasteiger partial charge in [-0.3, -0.25) is 4.79 Å². The fourth-order valence-corrected chi connectivity index (χ4v) is 2.82. The summed E-state index contributed by atoms with van der Waals surface area (Å²) in [6.45, 7) is 9.99. The lowest BCUT2D eigenvalue weighted by molar-refractivity contribution is 0.101. The highest BCUT2D eigenvalue weighted by Crippen LogP contribution is 2.24. The first-order valence-electron chi connectivity index (χ1n) is 8.89. The minimum absolute atomic E-state index is 0.217. The minimum Gasteiger partial charge on any atom is -0.488 e. The van der Waals surface area contributed by atoms with Crippen molar-refractivity contribution in [2.45, 2.75) is 41.2 Å². The van der Waals surface area contributed by atoms with Crippen LogP contribution in [0.4, 0.5) is 5.69 Å². The van der Waals surface area contributed by atoms with Crippen LogP contribution in [0.25, 0.3) is 0 Å². The third-order valence-electron chi connectivity index (χ3n) is 4.77. The van der Waals surface area contributed by atoms with Crippen molar-refractivity contribution in [1.29, 1.82) is 0 Å². The largest absolute Gasteiger partial charge is 0.488 e. The molecule has 140 valence electrons. The summed E-state index contributed by atoms with van der Waals surface area (Å²) in [5.74, 6) is 1.06. The third-order valence-corrected chi connectivity index (χ3v) is 4.77. The zero-order valence-corrected chi connectivity index (χ0v) is 16.3. The Kier molecular flexibility index (Phi) is 5.31. The maximum Gasteiger partial charge on any atom is 0.278 e. The molecular formula is C22H24N2O3. The van der Waals surface area contributed by atoms with Crippen LogP contribution >= 0.6 is 0 Å². The van der Waals surface area contributed by atoms with Gasteiger partial charge in [-0.05, 0) is 69.0 Å². The maximum absolute atomic E-state index is 12.8. The van der Waals surface area contributed by atoms with Gasteiger partial charge >= 0.3 is 0 Å². The fourth-order valence-electron chi connectivity index (χ4n) is 2.82. The van der Waals surface area contributed by atoms with Gasteiger partial charge in [0.15, 0.2) is 5.69 Å². The second-order valence-electron chi connectivity index (χ2n) is 6.83. The number of aryl methyl sites for hydroxylation is 4. The van der Waals surface area contributed by atoms with E-state index in [1.165, 1.54) is 0 Å². The van der Waals surface area contributed by atoms with E-state index in [9.17, 15) is 4.79 Å². The second-order valence-corrected chi connectivity index (χ2v) is 6.83. The van der Waals surface area contributed by atoms with Crippen LogP contribution in [0.5, 0.6) is 5.75 Å². The van der Waals surface area contributed by atoms with E-state index in [1.807, 2.05) is 64.1 Å². The number of anilines is 1. The predicted molar refractivity (Wildman–Crippen MR) is 105 cm³/mol. The molecule has 0 atom stereocenters. The van der Waals surface area contributed by atoms with Crippen LogP contribution in [-0.2, 0) is 6.61 Å². The van der Waals surface area contributed by atoms with Gasteiger partial charge in [0.2, 0.25) is 0 Å². The number of nitrogens with zero attached hydrogens (tertiary/aromatic N) is 1. The van der Waals surface area contributed by atoms with Gasteiger partial charge in [-0.25, -0.2) is 0 Å². The lowest BCUT2D eigenvalue weighted by Gasteiger charge is -2.12. The lowest BCUT2D eigenvalue weighted by atomic mass is 10.1. The van der Waals surface area contributed by atoms with Crippen LogP contribution < -0.4 is 10.1 Å². The van der Waals surface area contributed by atoms with Crippen molar-refractivity contribution in [3.05, 3.63) is 75.7 Å². The Morgan fingerprint density at radius 2 is 1.85 bits per heavy atom. The molecule has 0 saturated heterocycles. The average Bonchev–Trinajstić information content (AvgIpc) is 3.00. The molecule has 5 nitrogen and oxygen atoms in total. The zero-order valence-electron chi connectivity index (χ0n) is 16.3. The summed E-state index contributed by atoms with van der Waals surface area (Å²) in [6.07, 6.45) is 0. The van der Waals surface area contributed by atoms with E-state index in [0.29, 0.717) is 11.3 Å². The molecule has 3 rings (SSSR count). The standard InChI is InChI=1S/C22H24N2O3/c1-13-9-10-15(3)19(11-13)23-22(25)21-18(17(5)27-24-21)12-26-20-8-6-7-14(2)16(20)4/h6-11H,12H2,1-5H3,(H,23,25). The van der Waals surface area contributed by atoms with Crippen molar-refractivity contribution >= 4 is 11.6 Å². The molecule has 2 aromatic carbocycles. The van der Waals surface area contributed by atoms with E-state index in [1.54, 1.807) is 6.92 Å². The fraction of sp³-hybridized carbons (Fsp3) is 0.273. The van der Waals surface area contributed by atoms with Crippen LogP contribution in [0, 0.1) is 34.6 Å². The Labute approximate surface area is 159 Å². The van der Waals surface area contributed by atoms with Gasteiger partial charge in [0.25, 0.3) is 5.91 Å². The number of carbonyl (C=O) groups excluding carboxylic acids is 1. The van der Waals surface area contributed by atoms with Crippen molar-refractivity contribution in [2.24, 2.45) is 0 Å². The summed E-state index contributed by atoms with van der Waals surface area (Å²) in [5.41, 5.74) is 5.96. The molecule has 0 saturated carbocycles. The van der Waals surface area contributed by atoms with Crippen molar-refractivity contribution in [3.63, 3.8) is 0 Å². The molecule has 0 spiro atoms. The van der Waals surface area contributed by atoms with Gasteiger partial charge in [0, 0.05) is 5.69 Å². The summed E-state index contributed by atoms with van der Waals surface area (Å²) in [4.78, 5) is 12.8. The highest BCUT2D eigenvalue weighted by molar-refractivity contribution is 6.04. The van der Waals surface area contributed by atoms with E-state index < -0.39 is 0 Å². The summed E-state index contributed by atoms with van der Waals surface area (Å²) in [6, 6.07) is 11.8. The Bertz CT molecular complexity index is 989.